The van der Waals surface area contributed by atoms with Crippen molar-refractivity contribution >= 4 is 28.9 Å². The highest BCUT2D eigenvalue weighted by molar-refractivity contribution is 6.35. The van der Waals surface area contributed by atoms with Crippen molar-refractivity contribution in [2.45, 2.75) is 6.54 Å². The van der Waals surface area contributed by atoms with Crippen LogP contribution in [0.15, 0.2) is 42.7 Å². The molecule has 0 radical (unpaired) electrons. The lowest BCUT2D eigenvalue weighted by Crippen LogP contribution is -2.00. The van der Waals surface area contributed by atoms with Gasteiger partial charge in [0.2, 0.25) is 0 Å². The molecule has 2 rings (SSSR count). The van der Waals surface area contributed by atoms with Gasteiger partial charge in [-0.15, -0.1) is 0 Å². The lowest BCUT2D eigenvalue weighted by Gasteiger charge is -2.07. The van der Waals surface area contributed by atoms with Crippen molar-refractivity contribution in [3.8, 4) is 0 Å². The van der Waals surface area contributed by atoms with Crippen molar-refractivity contribution < 1.29 is 0 Å². The van der Waals surface area contributed by atoms with Crippen LogP contribution in [-0.2, 0) is 6.54 Å². The highest BCUT2D eigenvalue weighted by atomic mass is 35.5. The molecule has 0 unspecified atom stereocenters. The third kappa shape index (κ3) is 2.87. The molecule has 4 heteroatoms. The van der Waals surface area contributed by atoms with Crippen LogP contribution in [0.3, 0.4) is 0 Å². The molecule has 0 bridgehead atoms. The maximum atomic E-state index is 6.06. The van der Waals surface area contributed by atoms with Crippen LogP contribution in [-0.4, -0.2) is 4.98 Å². The van der Waals surface area contributed by atoms with Gasteiger partial charge in [0.25, 0.3) is 0 Å². The van der Waals surface area contributed by atoms with Gasteiger partial charge in [0.15, 0.2) is 0 Å². The molecule has 0 atom stereocenters. The Labute approximate surface area is 104 Å². The van der Waals surface area contributed by atoms with Gasteiger partial charge in [0, 0.05) is 29.0 Å². The number of anilines is 1. The van der Waals surface area contributed by atoms with E-state index in [1.165, 1.54) is 0 Å². The summed E-state index contributed by atoms with van der Waals surface area (Å²) in [6.07, 6.45) is 3.50. The number of pyridine rings is 1. The largest absolute Gasteiger partial charge is 0.380 e. The highest BCUT2D eigenvalue weighted by Gasteiger charge is 2.00. The molecule has 0 fully saturated rings. The maximum Gasteiger partial charge on any atom is 0.0529 e. The molecule has 0 aliphatic heterocycles. The molecular formula is C12H10Cl2N2. The van der Waals surface area contributed by atoms with Gasteiger partial charge >= 0.3 is 0 Å². The second-order valence-electron chi connectivity index (χ2n) is 3.33. The number of aromatic nitrogens is 1. The number of halogens is 2. The summed E-state index contributed by atoms with van der Waals surface area (Å²) < 4.78 is 0. The van der Waals surface area contributed by atoms with E-state index < -0.39 is 0 Å². The van der Waals surface area contributed by atoms with E-state index >= 15 is 0 Å². The first-order valence-electron chi connectivity index (χ1n) is 4.83. The average molecular weight is 253 g/mol. The van der Waals surface area contributed by atoms with E-state index in [1.54, 1.807) is 18.5 Å². The first kappa shape index (κ1) is 11.2. The predicted molar refractivity (Wildman–Crippen MR) is 68.0 cm³/mol. The lowest BCUT2D eigenvalue weighted by atomic mass is 10.2. The van der Waals surface area contributed by atoms with Crippen LogP contribution in [0.25, 0.3) is 0 Å². The molecule has 0 saturated heterocycles. The van der Waals surface area contributed by atoms with Crippen molar-refractivity contribution in [1.82, 2.24) is 4.98 Å². The van der Waals surface area contributed by atoms with Crippen LogP contribution in [0.1, 0.15) is 5.56 Å². The zero-order valence-electron chi connectivity index (χ0n) is 8.45. The third-order valence-corrected chi connectivity index (χ3v) is 2.75. The zero-order chi connectivity index (χ0) is 11.4. The minimum Gasteiger partial charge on any atom is -0.380 e. The summed E-state index contributed by atoms with van der Waals surface area (Å²) >= 11 is 11.9. The van der Waals surface area contributed by atoms with Crippen molar-refractivity contribution in [2.75, 3.05) is 5.32 Å². The minimum absolute atomic E-state index is 0.648. The van der Waals surface area contributed by atoms with E-state index in [2.05, 4.69) is 10.3 Å². The fourth-order valence-corrected chi connectivity index (χ4v) is 1.80. The molecule has 2 nitrogen and oxygen atoms in total. The molecule has 0 aliphatic carbocycles. The fourth-order valence-electron chi connectivity index (χ4n) is 1.33. The van der Waals surface area contributed by atoms with E-state index in [1.807, 2.05) is 24.3 Å². The summed E-state index contributed by atoms with van der Waals surface area (Å²) in [5.41, 5.74) is 1.98. The van der Waals surface area contributed by atoms with Crippen LogP contribution >= 0.6 is 23.2 Å². The van der Waals surface area contributed by atoms with Gasteiger partial charge in [0.05, 0.1) is 5.69 Å². The van der Waals surface area contributed by atoms with Crippen molar-refractivity contribution in [3.05, 3.63) is 58.3 Å². The minimum atomic E-state index is 0.648. The van der Waals surface area contributed by atoms with E-state index in [9.17, 15) is 0 Å². The maximum absolute atomic E-state index is 6.06. The monoisotopic (exact) mass is 252 g/mol. The number of rotatable bonds is 3. The molecule has 2 aromatic rings. The molecule has 16 heavy (non-hydrogen) atoms. The smallest absolute Gasteiger partial charge is 0.0529 e. The van der Waals surface area contributed by atoms with Gasteiger partial charge in [-0.25, -0.2) is 0 Å². The molecule has 1 aromatic heterocycles. The summed E-state index contributed by atoms with van der Waals surface area (Å²) in [6.45, 7) is 0.654. The van der Waals surface area contributed by atoms with Crippen LogP contribution in [0, 0.1) is 0 Å². The highest BCUT2D eigenvalue weighted by Crippen LogP contribution is 2.21. The van der Waals surface area contributed by atoms with Gasteiger partial charge in [-0.05, 0) is 29.8 Å². The zero-order valence-corrected chi connectivity index (χ0v) is 9.96. The Kier molecular flexibility index (Phi) is 3.65. The summed E-state index contributed by atoms with van der Waals surface area (Å²) in [7, 11) is 0. The first-order valence-corrected chi connectivity index (χ1v) is 5.59. The van der Waals surface area contributed by atoms with Gasteiger partial charge in [-0.3, -0.25) is 4.98 Å². The molecule has 0 amide bonds. The fraction of sp³-hybridized carbons (Fsp3) is 0.0833. The second-order valence-corrected chi connectivity index (χ2v) is 4.17. The Balaban J connectivity index is 2.05. The Morgan fingerprint density at radius 1 is 1.19 bits per heavy atom. The predicted octanol–water partition coefficient (Wildman–Crippen LogP) is 4.00. The van der Waals surface area contributed by atoms with Gasteiger partial charge in [-0.1, -0.05) is 29.3 Å². The van der Waals surface area contributed by atoms with E-state index in [-0.39, 0.29) is 0 Å². The van der Waals surface area contributed by atoms with Crippen molar-refractivity contribution in [3.63, 3.8) is 0 Å². The number of hydrogen-bond acceptors (Lipinski definition) is 2. The SMILES string of the molecule is Clc1ccc(CNc2cccnc2)c(Cl)c1. The average Bonchev–Trinajstić information content (AvgIpc) is 2.29. The molecule has 0 aliphatic rings. The van der Waals surface area contributed by atoms with Crippen LogP contribution in [0.5, 0.6) is 0 Å². The standard InChI is InChI=1S/C12H10Cl2N2/c13-10-4-3-9(12(14)6-10)7-16-11-2-1-5-15-8-11/h1-6,8,16H,7H2. The molecule has 0 spiro atoms. The Morgan fingerprint density at radius 3 is 2.75 bits per heavy atom. The Bertz CT molecular complexity index is 472. The molecule has 82 valence electrons. The second kappa shape index (κ2) is 5.19. The van der Waals surface area contributed by atoms with Gasteiger partial charge in [-0.2, -0.15) is 0 Å². The van der Waals surface area contributed by atoms with Crippen LogP contribution in [0.4, 0.5) is 5.69 Å². The number of nitrogens with zero attached hydrogens (tertiary/aromatic N) is 1. The molecule has 1 heterocycles. The Morgan fingerprint density at radius 2 is 2.06 bits per heavy atom. The van der Waals surface area contributed by atoms with E-state index in [0.29, 0.717) is 16.6 Å². The number of benzene rings is 1. The van der Waals surface area contributed by atoms with Crippen molar-refractivity contribution in [1.29, 1.82) is 0 Å². The van der Waals surface area contributed by atoms with Crippen molar-refractivity contribution in [2.24, 2.45) is 0 Å². The van der Waals surface area contributed by atoms with E-state index in [4.69, 9.17) is 23.2 Å². The molecule has 1 aromatic carbocycles. The Hall–Kier alpha value is -1.25. The summed E-state index contributed by atoms with van der Waals surface area (Å²) in [6, 6.07) is 9.31. The molecule has 1 N–H and O–H groups in total. The first-order chi connectivity index (χ1) is 7.75. The number of nitrogens with one attached hydrogen (secondary N) is 1. The van der Waals surface area contributed by atoms with Gasteiger partial charge in [0.1, 0.15) is 0 Å². The summed E-state index contributed by atoms with van der Waals surface area (Å²) in [5.74, 6) is 0. The summed E-state index contributed by atoms with van der Waals surface area (Å²) in [4.78, 5) is 4.02. The quantitative estimate of drug-likeness (QED) is 0.894. The molecular weight excluding hydrogens is 243 g/mol. The molecule has 0 saturated carbocycles. The van der Waals surface area contributed by atoms with Crippen LogP contribution in [0.2, 0.25) is 10.0 Å². The topological polar surface area (TPSA) is 24.9 Å². The summed E-state index contributed by atoms with van der Waals surface area (Å²) in [5, 5.41) is 4.55. The lowest BCUT2D eigenvalue weighted by molar-refractivity contribution is 1.14. The third-order valence-electron chi connectivity index (χ3n) is 2.16. The van der Waals surface area contributed by atoms with Crippen LogP contribution < -0.4 is 5.32 Å². The normalized spacial score (nSPS) is 10.1. The van der Waals surface area contributed by atoms with E-state index in [0.717, 1.165) is 11.3 Å². The van der Waals surface area contributed by atoms with Gasteiger partial charge < -0.3 is 5.32 Å². The number of hydrogen-bond donors (Lipinski definition) is 1.